The van der Waals surface area contributed by atoms with Crippen LogP contribution in [0.15, 0.2) is 24.3 Å². The van der Waals surface area contributed by atoms with Gasteiger partial charge in [-0.1, -0.05) is 46.2 Å². The maximum Gasteiger partial charge on any atom is 0.387 e. The molecule has 0 heterocycles. The molecule has 2 atom stereocenters. The van der Waals surface area contributed by atoms with Crippen molar-refractivity contribution in [2.75, 3.05) is 0 Å². The highest BCUT2D eigenvalue weighted by Gasteiger charge is 2.25. The van der Waals surface area contributed by atoms with Gasteiger partial charge in [-0.05, 0) is 29.5 Å². The topological polar surface area (TPSA) is 58.6 Å². The van der Waals surface area contributed by atoms with E-state index in [-0.39, 0.29) is 29.5 Å². The number of ether oxygens (including phenoxy) is 1. The fourth-order valence-electron chi connectivity index (χ4n) is 2.25. The van der Waals surface area contributed by atoms with E-state index in [2.05, 4.69) is 10.1 Å². The Labute approximate surface area is 142 Å². The minimum Gasteiger partial charge on any atom is -0.435 e. The van der Waals surface area contributed by atoms with Crippen molar-refractivity contribution in [3.8, 4) is 5.75 Å². The molecule has 0 saturated carbocycles. The molecule has 0 aliphatic heterocycles. The van der Waals surface area contributed by atoms with Crippen molar-refractivity contribution in [3.05, 3.63) is 29.8 Å². The van der Waals surface area contributed by atoms with Gasteiger partial charge in [0.2, 0.25) is 5.91 Å². The van der Waals surface area contributed by atoms with Crippen molar-refractivity contribution in [2.24, 2.45) is 5.41 Å². The average molecular weight is 343 g/mol. The molecule has 0 aromatic heterocycles. The minimum atomic E-state index is -2.89. The molecule has 0 radical (unpaired) electrons. The standard InChI is InChI=1S/C18H27F2NO3/c1-5-7-14(21-16(23)11-15(22)18(2,3)4)12-8-6-9-13(10-12)24-17(19)20/h6,8-10,14-15,17,22H,5,7,11H2,1-4H3,(H,21,23). The van der Waals surface area contributed by atoms with Gasteiger partial charge in [-0.15, -0.1) is 0 Å². The van der Waals surface area contributed by atoms with E-state index in [0.29, 0.717) is 12.0 Å². The van der Waals surface area contributed by atoms with Crippen LogP contribution in [0.25, 0.3) is 0 Å². The van der Waals surface area contributed by atoms with Gasteiger partial charge in [-0.2, -0.15) is 8.78 Å². The second-order valence-electron chi connectivity index (χ2n) is 6.95. The summed E-state index contributed by atoms with van der Waals surface area (Å²) < 4.78 is 29.1. The van der Waals surface area contributed by atoms with Crippen molar-refractivity contribution in [2.45, 2.75) is 65.7 Å². The Morgan fingerprint density at radius 2 is 2.00 bits per heavy atom. The molecular weight excluding hydrogens is 316 g/mol. The molecule has 0 aliphatic rings. The van der Waals surface area contributed by atoms with E-state index in [1.165, 1.54) is 12.1 Å². The first-order valence-corrected chi connectivity index (χ1v) is 8.15. The number of amides is 1. The van der Waals surface area contributed by atoms with Crippen LogP contribution in [-0.2, 0) is 4.79 Å². The van der Waals surface area contributed by atoms with Crippen LogP contribution in [0.3, 0.4) is 0 Å². The van der Waals surface area contributed by atoms with E-state index in [1.54, 1.807) is 12.1 Å². The Balaban J connectivity index is 2.81. The van der Waals surface area contributed by atoms with Crippen LogP contribution in [0.2, 0.25) is 0 Å². The van der Waals surface area contributed by atoms with E-state index in [0.717, 1.165) is 6.42 Å². The van der Waals surface area contributed by atoms with Gasteiger partial charge in [-0.25, -0.2) is 0 Å². The molecule has 0 bridgehead atoms. The Kier molecular flexibility index (Phi) is 7.60. The molecule has 0 aliphatic carbocycles. The number of carbonyl (C=O) groups is 1. The monoisotopic (exact) mass is 343 g/mol. The predicted octanol–water partition coefficient (Wildman–Crippen LogP) is 4.04. The zero-order valence-electron chi connectivity index (χ0n) is 14.7. The van der Waals surface area contributed by atoms with Crippen LogP contribution in [0, 0.1) is 5.41 Å². The Hall–Kier alpha value is -1.69. The van der Waals surface area contributed by atoms with Crippen LogP contribution in [0.4, 0.5) is 8.78 Å². The second kappa shape index (κ2) is 8.97. The SMILES string of the molecule is CCCC(NC(=O)CC(O)C(C)(C)C)c1cccc(OC(F)F)c1. The molecule has 24 heavy (non-hydrogen) atoms. The molecule has 4 nitrogen and oxygen atoms in total. The highest BCUT2D eigenvalue weighted by molar-refractivity contribution is 5.77. The molecule has 0 spiro atoms. The minimum absolute atomic E-state index is 0.00304. The Morgan fingerprint density at radius 1 is 1.33 bits per heavy atom. The fourth-order valence-corrected chi connectivity index (χ4v) is 2.25. The van der Waals surface area contributed by atoms with E-state index >= 15 is 0 Å². The van der Waals surface area contributed by atoms with Crippen molar-refractivity contribution in [1.29, 1.82) is 0 Å². The molecule has 1 aromatic carbocycles. The summed E-state index contributed by atoms with van der Waals surface area (Å²) in [7, 11) is 0. The van der Waals surface area contributed by atoms with E-state index in [9.17, 15) is 18.7 Å². The predicted molar refractivity (Wildman–Crippen MR) is 88.9 cm³/mol. The lowest BCUT2D eigenvalue weighted by Gasteiger charge is -2.26. The third-order valence-electron chi connectivity index (χ3n) is 3.78. The number of hydrogen-bond acceptors (Lipinski definition) is 3. The number of benzene rings is 1. The molecule has 0 saturated heterocycles. The van der Waals surface area contributed by atoms with Crippen molar-refractivity contribution in [1.82, 2.24) is 5.32 Å². The largest absolute Gasteiger partial charge is 0.435 e. The average Bonchev–Trinajstić information content (AvgIpc) is 2.45. The summed E-state index contributed by atoms with van der Waals surface area (Å²) in [5.41, 5.74) is 0.316. The van der Waals surface area contributed by atoms with Gasteiger partial charge in [0.1, 0.15) is 5.75 Å². The summed E-state index contributed by atoms with van der Waals surface area (Å²) in [6.07, 6.45) is 0.715. The third kappa shape index (κ3) is 6.83. The van der Waals surface area contributed by atoms with Gasteiger partial charge in [0.15, 0.2) is 0 Å². The molecular formula is C18H27F2NO3. The van der Waals surface area contributed by atoms with Gasteiger partial charge < -0.3 is 15.2 Å². The van der Waals surface area contributed by atoms with Crippen molar-refractivity contribution in [3.63, 3.8) is 0 Å². The lowest BCUT2D eigenvalue weighted by Crippen LogP contribution is -2.35. The van der Waals surface area contributed by atoms with Crippen LogP contribution in [0.5, 0.6) is 5.75 Å². The van der Waals surface area contributed by atoms with Crippen LogP contribution in [-0.4, -0.2) is 23.7 Å². The van der Waals surface area contributed by atoms with Crippen LogP contribution >= 0.6 is 0 Å². The summed E-state index contributed by atoms with van der Waals surface area (Å²) in [4.78, 5) is 12.2. The van der Waals surface area contributed by atoms with Gasteiger partial charge in [0, 0.05) is 0 Å². The Morgan fingerprint density at radius 3 is 2.54 bits per heavy atom. The molecule has 0 fully saturated rings. The van der Waals surface area contributed by atoms with Gasteiger partial charge in [0.25, 0.3) is 0 Å². The number of carbonyl (C=O) groups excluding carboxylic acids is 1. The number of alkyl halides is 2. The molecule has 2 N–H and O–H groups in total. The Bertz CT molecular complexity index is 529. The number of aliphatic hydroxyl groups is 1. The number of rotatable bonds is 8. The lowest BCUT2D eigenvalue weighted by molar-refractivity contribution is -0.125. The fraction of sp³-hybridized carbons (Fsp3) is 0.611. The molecule has 2 unspecified atom stereocenters. The quantitative estimate of drug-likeness (QED) is 0.749. The van der Waals surface area contributed by atoms with Gasteiger partial charge in [-0.3, -0.25) is 4.79 Å². The van der Waals surface area contributed by atoms with Gasteiger partial charge in [0.05, 0.1) is 18.6 Å². The number of aliphatic hydroxyl groups excluding tert-OH is 1. The maximum atomic E-state index is 12.3. The highest BCUT2D eigenvalue weighted by atomic mass is 19.3. The lowest BCUT2D eigenvalue weighted by atomic mass is 9.87. The van der Waals surface area contributed by atoms with Crippen LogP contribution < -0.4 is 10.1 Å². The second-order valence-corrected chi connectivity index (χ2v) is 6.95. The van der Waals surface area contributed by atoms with Crippen molar-refractivity contribution < 1.29 is 23.4 Å². The first-order chi connectivity index (χ1) is 11.1. The summed E-state index contributed by atoms with van der Waals surface area (Å²) in [5.74, 6) is -0.205. The van der Waals surface area contributed by atoms with E-state index < -0.39 is 12.7 Å². The third-order valence-corrected chi connectivity index (χ3v) is 3.78. The number of nitrogens with one attached hydrogen (secondary N) is 1. The summed E-state index contributed by atoms with van der Waals surface area (Å²) in [6, 6.07) is 6.03. The zero-order valence-corrected chi connectivity index (χ0v) is 14.7. The molecule has 1 amide bonds. The zero-order chi connectivity index (χ0) is 18.3. The summed E-state index contributed by atoms with van der Waals surface area (Å²) >= 11 is 0. The smallest absolute Gasteiger partial charge is 0.387 e. The first kappa shape index (κ1) is 20.4. The van der Waals surface area contributed by atoms with E-state index in [1.807, 2.05) is 27.7 Å². The molecule has 1 aromatic rings. The summed E-state index contributed by atoms with van der Waals surface area (Å²) in [5, 5.41) is 12.9. The summed E-state index contributed by atoms with van der Waals surface area (Å²) in [6.45, 7) is 4.67. The number of hydrogen-bond donors (Lipinski definition) is 2. The molecule has 1 rings (SSSR count). The normalized spacial score (nSPS) is 14.3. The highest BCUT2D eigenvalue weighted by Crippen LogP contribution is 2.25. The first-order valence-electron chi connectivity index (χ1n) is 8.15. The van der Waals surface area contributed by atoms with Crippen molar-refractivity contribution >= 4 is 5.91 Å². The van der Waals surface area contributed by atoms with Crippen LogP contribution in [0.1, 0.15) is 58.6 Å². The molecule has 136 valence electrons. The van der Waals surface area contributed by atoms with Gasteiger partial charge >= 0.3 is 6.61 Å². The van der Waals surface area contributed by atoms with E-state index in [4.69, 9.17) is 0 Å². The maximum absolute atomic E-state index is 12.3. The number of halogens is 2. The molecule has 6 heteroatoms.